The lowest BCUT2D eigenvalue weighted by Crippen LogP contribution is -2.39. The summed E-state index contributed by atoms with van der Waals surface area (Å²) in [5.41, 5.74) is 0. The molecule has 1 aliphatic carbocycles. The van der Waals surface area contributed by atoms with E-state index in [1.807, 2.05) is 4.90 Å². The summed E-state index contributed by atoms with van der Waals surface area (Å²) in [7, 11) is 0. The molecule has 1 aliphatic heterocycles. The van der Waals surface area contributed by atoms with Crippen molar-refractivity contribution in [2.45, 2.75) is 58.3 Å². The topological polar surface area (TPSA) is 57.6 Å². The summed E-state index contributed by atoms with van der Waals surface area (Å²) >= 11 is 0. The van der Waals surface area contributed by atoms with Gasteiger partial charge in [0.1, 0.15) is 0 Å². The molecule has 0 aromatic heterocycles. The zero-order valence-electron chi connectivity index (χ0n) is 12.5. The van der Waals surface area contributed by atoms with Crippen molar-refractivity contribution in [3.63, 3.8) is 0 Å². The van der Waals surface area contributed by atoms with Crippen molar-refractivity contribution < 1.29 is 14.7 Å². The first kappa shape index (κ1) is 15.3. The predicted molar refractivity (Wildman–Crippen MR) is 77.3 cm³/mol. The Morgan fingerprint density at radius 1 is 1.00 bits per heavy atom. The van der Waals surface area contributed by atoms with Crippen LogP contribution in [0.4, 0.5) is 0 Å². The average molecular weight is 281 g/mol. The monoisotopic (exact) mass is 281 g/mol. The Kier molecular flexibility index (Phi) is 5.44. The number of hydrogen-bond donors (Lipinski definition) is 1. The first-order valence-corrected chi connectivity index (χ1v) is 8.13. The summed E-state index contributed by atoms with van der Waals surface area (Å²) in [4.78, 5) is 25.6. The molecule has 1 N–H and O–H groups in total. The smallest absolute Gasteiger partial charge is 0.306 e. The molecule has 2 fully saturated rings. The van der Waals surface area contributed by atoms with Gasteiger partial charge in [0.25, 0.3) is 0 Å². The van der Waals surface area contributed by atoms with Crippen molar-refractivity contribution in [1.82, 2.24) is 4.90 Å². The highest BCUT2D eigenvalue weighted by molar-refractivity contribution is 5.79. The van der Waals surface area contributed by atoms with Crippen LogP contribution in [0.15, 0.2) is 0 Å². The summed E-state index contributed by atoms with van der Waals surface area (Å²) in [5.74, 6) is 0.203. The van der Waals surface area contributed by atoms with Gasteiger partial charge in [-0.3, -0.25) is 9.59 Å². The van der Waals surface area contributed by atoms with Crippen LogP contribution < -0.4 is 0 Å². The third kappa shape index (κ3) is 3.74. The fourth-order valence-electron chi connectivity index (χ4n) is 3.64. The molecule has 1 saturated carbocycles. The summed E-state index contributed by atoms with van der Waals surface area (Å²) < 4.78 is 0. The Labute approximate surface area is 121 Å². The van der Waals surface area contributed by atoms with Gasteiger partial charge in [-0.15, -0.1) is 0 Å². The third-order valence-electron chi connectivity index (χ3n) is 5.16. The van der Waals surface area contributed by atoms with Crippen LogP contribution in [0, 0.1) is 17.8 Å². The molecule has 2 rings (SSSR count). The molecule has 0 radical (unpaired) electrons. The molecule has 1 atom stereocenters. The van der Waals surface area contributed by atoms with Crippen LogP contribution in [-0.2, 0) is 9.59 Å². The van der Waals surface area contributed by atoms with E-state index in [-0.39, 0.29) is 17.7 Å². The van der Waals surface area contributed by atoms with Crippen LogP contribution >= 0.6 is 0 Å². The number of likely N-dealkylation sites (tertiary alicyclic amines) is 1. The van der Waals surface area contributed by atoms with E-state index in [0.29, 0.717) is 12.8 Å². The standard InChI is InChI=1S/C16H27NO3/c1-2-12-4-3-10-17(11-9-12)15(18)13-5-7-14(8-6-13)16(19)20/h12-14H,2-11H2,1H3,(H,19,20). The van der Waals surface area contributed by atoms with Crippen LogP contribution in [0.1, 0.15) is 58.3 Å². The zero-order valence-corrected chi connectivity index (χ0v) is 12.5. The fourth-order valence-corrected chi connectivity index (χ4v) is 3.64. The molecule has 1 saturated heterocycles. The number of hydrogen-bond acceptors (Lipinski definition) is 2. The largest absolute Gasteiger partial charge is 0.481 e. The Balaban J connectivity index is 1.84. The zero-order chi connectivity index (χ0) is 14.5. The molecule has 0 spiro atoms. The Hall–Kier alpha value is -1.06. The maximum atomic E-state index is 12.6. The molecular weight excluding hydrogens is 254 g/mol. The second kappa shape index (κ2) is 7.09. The van der Waals surface area contributed by atoms with Gasteiger partial charge in [-0.1, -0.05) is 13.3 Å². The molecule has 20 heavy (non-hydrogen) atoms. The van der Waals surface area contributed by atoms with E-state index in [1.54, 1.807) is 0 Å². The molecule has 4 nitrogen and oxygen atoms in total. The minimum absolute atomic E-state index is 0.0729. The van der Waals surface area contributed by atoms with Gasteiger partial charge >= 0.3 is 5.97 Å². The van der Waals surface area contributed by atoms with E-state index >= 15 is 0 Å². The first-order chi connectivity index (χ1) is 9.61. The van der Waals surface area contributed by atoms with Gasteiger partial charge in [-0.05, 0) is 50.9 Å². The number of amides is 1. The van der Waals surface area contributed by atoms with Gasteiger partial charge in [0.05, 0.1) is 5.92 Å². The molecule has 1 amide bonds. The summed E-state index contributed by atoms with van der Waals surface area (Å²) in [5, 5.41) is 9.01. The SMILES string of the molecule is CCC1CCCN(C(=O)C2CCC(C(=O)O)CC2)CC1. The Morgan fingerprint density at radius 2 is 1.65 bits per heavy atom. The van der Waals surface area contributed by atoms with E-state index < -0.39 is 5.97 Å². The number of carbonyl (C=O) groups excluding carboxylic acids is 1. The van der Waals surface area contributed by atoms with Crippen molar-refractivity contribution in [3.8, 4) is 0 Å². The average Bonchev–Trinajstić information content (AvgIpc) is 2.72. The minimum Gasteiger partial charge on any atom is -0.481 e. The summed E-state index contributed by atoms with van der Waals surface area (Å²) in [6.07, 6.45) is 7.54. The normalized spacial score (nSPS) is 31.6. The quantitative estimate of drug-likeness (QED) is 0.865. The lowest BCUT2D eigenvalue weighted by Gasteiger charge is -2.30. The Morgan fingerprint density at radius 3 is 2.25 bits per heavy atom. The molecule has 114 valence electrons. The maximum absolute atomic E-state index is 12.6. The van der Waals surface area contributed by atoms with E-state index in [4.69, 9.17) is 5.11 Å². The molecule has 0 aromatic rings. The van der Waals surface area contributed by atoms with Crippen LogP contribution in [0.2, 0.25) is 0 Å². The molecule has 1 heterocycles. The highest BCUT2D eigenvalue weighted by Gasteiger charge is 2.32. The van der Waals surface area contributed by atoms with Crippen LogP contribution in [0.3, 0.4) is 0 Å². The van der Waals surface area contributed by atoms with Crippen molar-refractivity contribution in [2.75, 3.05) is 13.1 Å². The van der Waals surface area contributed by atoms with Crippen molar-refractivity contribution >= 4 is 11.9 Å². The highest BCUT2D eigenvalue weighted by atomic mass is 16.4. The lowest BCUT2D eigenvalue weighted by atomic mass is 9.81. The van der Waals surface area contributed by atoms with E-state index in [0.717, 1.165) is 44.7 Å². The maximum Gasteiger partial charge on any atom is 0.306 e. The van der Waals surface area contributed by atoms with Gasteiger partial charge < -0.3 is 10.0 Å². The molecule has 1 unspecified atom stereocenters. The summed E-state index contributed by atoms with van der Waals surface area (Å²) in [6.45, 7) is 4.03. The molecule has 0 aromatic carbocycles. The molecule has 0 bridgehead atoms. The second-order valence-electron chi connectivity index (χ2n) is 6.42. The van der Waals surface area contributed by atoms with Gasteiger partial charge in [0.15, 0.2) is 0 Å². The van der Waals surface area contributed by atoms with E-state index in [9.17, 15) is 9.59 Å². The van der Waals surface area contributed by atoms with Crippen molar-refractivity contribution in [2.24, 2.45) is 17.8 Å². The van der Waals surface area contributed by atoms with Crippen LogP contribution in [-0.4, -0.2) is 35.0 Å². The van der Waals surface area contributed by atoms with Gasteiger partial charge in [-0.25, -0.2) is 0 Å². The van der Waals surface area contributed by atoms with Gasteiger partial charge in [0.2, 0.25) is 5.91 Å². The molecular formula is C16H27NO3. The first-order valence-electron chi connectivity index (χ1n) is 8.13. The molecule has 4 heteroatoms. The van der Waals surface area contributed by atoms with E-state index in [2.05, 4.69) is 6.92 Å². The number of carboxylic acids is 1. The number of carboxylic acid groups (broad SMARTS) is 1. The number of aliphatic carboxylic acids is 1. The molecule has 2 aliphatic rings. The van der Waals surface area contributed by atoms with Crippen LogP contribution in [0.5, 0.6) is 0 Å². The minimum atomic E-state index is -0.698. The number of carbonyl (C=O) groups is 2. The van der Waals surface area contributed by atoms with Crippen molar-refractivity contribution in [1.29, 1.82) is 0 Å². The lowest BCUT2D eigenvalue weighted by molar-refractivity contribution is -0.145. The predicted octanol–water partition coefficient (Wildman–Crippen LogP) is 2.92. The highest BCUT2D eigenvalue weighted by Crippen LogP contribution is 2.31. The Bertz CT molecular complexity index is 348. The second-order valence-corrected chi connectivity index (χ2v) is 6.42. The van der Waals surface area contributed by atoms with Gasteiger partial charge in [0, 0.05) is 19.0 Å². The third-order valence-corrected chi connectivity index (χ3v) is 5.16. The summed E-state index contributed by atoms with van der Waals surface area (Å²) in [6, 6.07) is 0. The van der Waals surface area contributed by atoms with Crippen molar-refractivity contribution in [3.05, 3.63) is 0 Å². The van der Waals surface area contributed by atoms with Gasteiger partial charge in [-0.2, -0.15) is 0 Å². The fraction of sp³-hybridized carbons (Fsp3) is 0.875. The number of nitrogens with zero attached hydrogens (tertiary/aromatic N) is 1. The number of rotatable bonds is 3. The van der Waals surface area contributed by atoms with Crippen LogP contribution in [0.25, 0.3) is 0 Å². The van der Waals surface area contributed by atoms with E-state index in [1.165, 1.54) is 12.8 Å².